The molecular weight excluding hydrogens is 442 g/mol. The van der Waals surface area contributed by atoms with Crippen LogP contribution in [0.1, 0.15) is 27.2 Å². The number of anilines is 1. The van der Waals surface area contributed by atoms with Gasteiger partial charge in [-0.3, -0.25) is 14.4 Å². The third kappa shape index (κ3) is 4.69. The highest BCUT2D eigenvalue weighted by atomic mass is 16.3. The Hall–Kier alpha value is -3.19. The van der Waals surface area contributed by atoms with E-state index in [-0.39, 0.29) is 36.2 Å². The second-order valence-electron chi connectivity index (χ2n) is 10.2. The molecule has 6 atom stereocenters. The quantitative estimate of drug-likeness (QED) is 0.534. The van der Waals surface area contributed by atoms with Crippen LogP contribution in [0.15, 0.2) is 54.6 Å². The van der Waals surface area contributed by atoms with Crippen molar-refractivity contribution in [1.29, 1.82) is 0 Å². The zero-order valence-electron chi connectivity index (χ0n) is 20.8. The van der Waals surface area contributed by atoms with Gasteiger partial charge in [0.1, 0.15) is 6.04 Å². The number of likely N-dealkylation sites (tertiary alicyclic amines) is 1. The Labute approximate surface area is 206 Å². The maximum Gasteiger partial charge on any atom is 0.247 e. The monoisotopic (exact) mass is 477 g/mol. The molecule has 7 heteroatoms. The van der Waals surface area contributed by atoms with Crippen molar-refractivity contribution < 1.29 is 19.5 Å². The molecule has 1 aliphatic carbocycles. The van der Waals surface area contributed by atoms with Crippen LogP contribution in [-0.4, -0.2) is 53.5 Å². The number of carbonyl (C=O) groups excluding carboxylic acids is 3. The van der Waals surface area contributed by atoms with Gasteiger partial charge in [0.2, 0.25) is 17.7 Å². The van der Waals surface area contributed by atoms with Gasteiger partial charge in [-0.15, -0.1) is 0 Å². The van der Waals surface area contributed by atoms with Gasteiger partial charge >= 0.3 is 0 Å². The summed E-state index contributed by atoms with van der Waals surface area (Å²) in [6.45, 7) is 5.73. The molecule has 0 bridgehead atoms. The van der Waals surface area contributed by atoms with Crippen LogP contribution < -0.4 is 10.6 Å². The number of fused-ring (bicyclic) bond motifs is 2. The van der Waals surface area contributed by atoms with E-state index in [4.69, 9.17) is 0 Å². The molecule has 3 N–H and O–H groups in total. The standard InChI is InChI=1S/C28H35N3O4/c1-16(2)13-21(15-32)31-25(22-12-9-17(3)23(26(33)29-4)24(22)28(31)35)27(34)30-20-11-10-18-7-5-6-8-19(18)14-20/h5-12,14,16-17,21-25,32H,13,15H2,1-4H3,(H,29,33)(H,30,34)/t17-,21-,22+,23-,24-,25+/m1/s1. The smallest absolute Gasteiger partial charge is 0.247 e. The first-order valence-corrected chi connectivity index (χ1v) is 12.4. The van der Waals surface area contributed by atoms with Crippen LogP contribution in [0.25, 0.3) is 10.8 Å². The van der Waals surface area contributed by atoms with E-state index in [1.807, 2.05) is 75.4 Å². The third-order valence-electron chi connectivity index (χ3n) is 7.39. The molecule has 1 heterocycles. The van der Waals surface area contributed by atoms with Crippen LogP contribution in [0, 0.1) is 29.6 Å². The van der Waals surface area contributed by atoms with Crippen molar-refractivity contribution in [2.24, 2.45) is 29.6 Å². The highest BCUT2D eigenvalue weighted by molar-refractivity contribution is 6.03. The number of allylic oxidation sites excluding steroid dienone is 1. The van der Waals surface area contributed by atoms with Crippen LogP contribution in [0.2, 0.25) is 0 Å². The van der Waals surface area contributed by atoms with Crippen LogP contribution >= 0.6 is 0 Å². The zero-order valence-corrected chi connectivity index (χ0v) is 20.8. The van der Waals surface area contributed by atoms with Crippen molar-refractivity contribution in [2.75, 3.05) is 19.0 Å². The summed E-state index contributed by atoms with van der Waals surface area (Å²) >= 11 is 0. The normalized spacial score (nSPS) is 26.6. The number of amides is 3. The topological polar surface area (TPSA) is 98.7 Å². The summed E-state index contributed by atoms with van der Waals surface area (Å²) in [6.07, 6.45) is 4.41. The molecule has 0 radical (unpaired) electrons. The molecule has 1 aliphatic heterocycles. The molecule has 7 nitrogen and oxygen atoms in total. The van der Waals surface area contributed by atoms with Crippen molar-refractivity contribution in [3.05, 3.63) is 54.6 Å². The van der Waals surface area contributed by atoms with E-state index in [0.29, 0.717) is 12.1 Å². The van der Waals surface area contributed by atoms with Gasteiger partial charge in [0.25, 0.3) is 0 Å². The second-order valence-corrected chi connectivity index (χ2v) is 10.2. The molecule has 1 saturated heterocycles. The summed E-state index contributed by atoms with van der Waals surface area (Å²) < 4.78 is 0. The Bertz CT molecular complexity index is 1140. The molecule has 4 rings (SSSR count). The summed E-state index contributed by atoms with van der Waals surface area (Å²) in [5.74, 6) is -2.34. The van der Waals surface area contributed by atoms with Gasteiger partial charge < -0.3 is 20.6 Å². The molecule has 35 heavy (non-hydrogen) atoms. The van der Waals surface area contributed by atoms with E-state index in [9.17, 15) is 19.5 Å². The van der Waals surface area contributed by atoms with E-state index in [2.05, 4.69) is 10.6 Å². The van der Waals surface area contributed by atoms with Gasteiger partial charge in [-0.2, -0.15) is 0 Å². The first-order valence-electron chi connectivity index (χ1n) is 12.4. The summed E-state index contributed by atoms with van der Waals surface area (Å²) in [6, 6.07) is 12.3. The average Bonchev–Trinajstić information content (AvgIpc) is 3.14. The first-order chi connectivity index (χ1) is 16.8. The molecule has 2 aromatic rings. The van der Waals surface area contributed by atoms with E-state index in [1.165, 1.54) is 0 Å². The Morgan fingerprint density at radius 3 is 2.43 bits per heavy atom. The molecule has 3 amide bonds. The van der Waals surface area contributed by atoms with Crippen LogP contribution in [0.4, 0.5) is 5.69 Å². The molecule has 2 aromatic carbocycles. The fraction of sp³-hybridized carbons (Fsp3) is 0.464. The van der Waals surface area contributed by atoms with Gasteiger partial charge in [0.15, 0.2) is 0 Å². The lowest BCUT2D eigenvalue weighted by atomic mass is 9.70. The Morgan fingerprint density at radius 1 is 1.06 bits per heavy atom. The molecular formula is C28H35N3O4. The Balaban J connectivity index is 1.72. The number of hydrogen-bond acceptors (Lipinski definition) is 4. The minimum absolute atomic E-state index is 0.137. The average molecular weight is 478 g/mol. The van der Waals surface area contributed by atoms with Gasteiger partial charge in [0, 0.05) is 18.7 Å². The lowest BCUT2D eigenvalue weighted by Crippen LogP contribution is -2.51. The van der Waals surface area contributed by atoms with Crippen LogP contribution in [-0.2, 0) is 14.4 Å². The Morgan fingerprint density at radius 2 is 1.77 bits per heavy atom. The number of aliphatic hydroxyl groups excluding tert-OH is 1. The van der Waals surface area contributed by atoms with Crippen molar-refractivity contribution in [2.45, 2.75) is 39.3 Å². The maximum atomic E-state index is 13.9. The van der Waals surface area contributed by atoms with Crippen molar-refractivity contribution in [3.63, 3.8) is 0 Å². The number of aliphatic hydroxyl groups is 1. The number of carbonyl (C=O) groups is 3. The molecule has 0 saturated carbocycles. The lowest BCUT2D eigenvalue weighted by Gasteiger charge is -2.34. The number of benzene rings is 2. The number of rotatable bonds is 7. The van der Waals surface area contributed by atoms with Crippen molar-refractivity contribution in [1.82, 2.24) is 10.2 Å². The Kier molecular flexibility index (Phi) is 7.26. The predicted molar refractivity (Wildman–Crippen MR) is 136 cm³/mol. The van der Waals surface area contributed by atoms with Gasteiger partial charge in [-0.05, 0) is 41.2 Å². The van der Waals surface area contributed by atoms with E-state index in [1.54, 1.807) is 11.9 Å². The summed E-state index contributed by atoms with van der Waals surface area (Å²) in [7, 11) is 1.57. The van der Waals surface area contributed by atoms with Crippen LogP contribution in [0.5, 0.6) is 0 Å². The largest absolute Gasteiger partial charge is 0.394 e. The maximum absolute atomic E-state index is 13.9. The minimum Gasteiger partial charge on any atom is -0.394 e. The highest BCUT2D eigenvalue weighted by Gasteiger charge is 2.58. The second kappa shape index (κ2) is 10.2. The number of nitrogens with zero attached hydrogens (tertiary/aromatic N) is 1. The molecule has 0 aromatic heterocycles. The predicted octanol–water partition coefficient (Wildman–Crippen LogP) is 3.20. The van der Waals surface area contributed by atoms with Gasteiger partial charge in [-0.25, -0.2) is 0 Å². The number of nitrogens with one attached hydrogen (secondary N) is 2. The fourth-order valence-corrected chi connectivity index (χ4v) is 5.80. The molecule has 0 unspecified atom stereocenters. The van der Waals surface area contributed by atoms with Gasteiger partial charge in [-0.1, -0.05) is 63.3 Å². The fourth-order valence-electron chi connectivity index (χ4n) is 5.80. The molecule has 1 fully saturated rings. The van der Waals surface area contributed by atoms with Gasteiger partial charge in [0.05, 0.1) is 24.5 Å². The van der Waals surface area contributed by atoms with Crippen molar-refractivity contribution >= 4 is 34.2 Å². The summed E-state index contributed by atoms with van der Waals surface area (Å²) in [5, 5.41) is 18.0. The molecule has 0 spiro atoms. The number of hydrogen-bond donors (Lipinski definition) is 3. The summed E-state index contributed by atoms with van der Waals surface area (Å²) in [4.78, 5) is 42.0. The van der Waals surface area contributed by atoms with E-state index in [0.717, 1.165) is 10.8 Å². The molecule has 2 aliphatic rings. The minimum atomic E-state index is -0.814. The molecule has 186 valence electrons. The zero-order chi connectivity index (χ0) is 25.3. The van der Waals surface area contributed by atoms with Crippen molar-refractivity contribution in [3.8, 4) is 0 Å². The highest BCUT2D eigenvalue weighted by Crippen LogP contribution is 2.45. The lowest BCUT2D eigenvalue weighted by molar-refractivity contribution is -0.142. The van der Waals surface area contributed by atoms with E-state index >= 15 is 0 Å². The third-order valence-corrected chi connectivity index (χ3v) is 7.39. The van der Waals surface area contributed by atoms with Crippen LogP contribution in [0.3, 0.4) is 0 Å². The SMILES string of the molecule is CNC(=O)[C@H]1[C@@H]2C(=O)N([C@@H](CO)CC(C)C)[C@H](C(=O)Nc3ccc4ccccc4c3)[C@H]2C=C[C@H]1C. The first kappa shape index (κ1) is 24.9. The summed E-state index contributed by atoms with van der Waals surface area (Å²) in [5.41, 5.74) is 0.643. The van der Waals surface area contributed by atoms with E-state index < -0.39 is 29.8 Å².